The fourth-order valence-electron chi connectivity index (χ4n) is 1.53. The zero-order chi connectivity index (χ0) is 13.0. The average molecular weight is 330 g/mol. The highest BCUT2D eigenvalue weighted by Crippen LogP contribution is 2.20. The summed E-state index contributed by atoms with van der Waals surface area (Å²) in [4.78, 5) is 0. The Bertz CT molecular complexity index is 528. The Balaban J connectivity index is 2.05. The number of rotatable bonds is 4. The number of benzene rings is 2. The smallest absolute Gasteiger partial charge is 0.127 e. The summed E-state index contributed by atoms with van der Waals surface area (Å²) in [5, 5.41) is 1.29. The maximum absolute atomic E-state index is 13.3. The molecule has 94 valence electrons. The van der Waals surface area contributed by atoms with Crippen molar-refractivity contribution in [1.29, 1.82) is 0 Å². The van der Waals surface area contributed by atoms with Gasteiger partial charge in [-0.05, 0) is 35.4 Å². The number of ether oxygens (including phenoxy) is 1. The van der Waals surface area contributed by atoms with E-state index in [0.29, 0.717) is 22.7 Å². The van der Waals surface area contributed by atoms with E-state index >= 15 is 0 Å². The molecule has 2 rings (SSSR count). The number of hydrogen-bond donors (Lipinski definition) is 0. The second-order valence-electron chi connectivity index (χ2n) is 3.84. The molecule has 0 radical (unpaired) electrons. The predicted octanol–water partition coefficient (Wildman–Crippen LogP) is 4.95. The van der Waals surface area contributed by atoms with Crippen molar-refractivity contribution in [2.24, 2.45) is 0 Å². The van der Waals surface area contributed by atoms with Gasteiger partial charge < -0.3 is 4.74 Å². The number of hydrogen-bond acceptors (Lipinski definition) is 1. The minimum Gasteiger partial charge on any atom is -0.489 e. The van der Waals surface area contributed by atoms with Gasteiger partial charge in [-0.2, -0.15) is 0 Å². The van der Waals surface area contributed by atoms with Crippen molar-refractivity contribution in [3.05, 3.63) is 64.4 Å². The topological polar surface area (TPSA) is 9.23 Å². The molecule has 0 unspecified atom stereocenters. The molecule has 0 atom stereocenters. The molecule has 0 aliphatic heterocycles. The van der Waals surface area contributed by atoms with Crippen molar-refractivity contribution in [3.63, 3.8) is 0 Å². The summed E-state index contributed by atoms with van der Waals surface area (Å²) < 4.78 is 18.8. The minimum absolute atomic E-state index is 0.293. The lowest BCUT2D eigenvalue weighted by Crippen LogP contribution is -1.96. The molecule has 0 aliphatic carbocycles. The number of halogens is 3. The van der Waals surface area contributed by atoms with Crippen LogP contribution in [0, 0.1) is 5.82 Å². The van der Waals surface area contributed by atoms with E-state index in [9.17, 15) is 4.39 Å². The minimum atomic E-state index is -0.293. The van der Waals surface area contributed by atoms with Crippen LogP contribution in [0.5, 0.6) is 5.75 Å². The van der Waals surface area contributed by atoms with Crippen LogP contribution in [-0.4, -0.2) is 0 Å². The van der Waals surface area contributed by atoms with Crippen LogP contribution in [0.25, 0.3) is 0 Å². The van der Waals surface area contributed by atoms with E-state index in [0.717, 1.165) is 11.1 Å². The summed E-state index contributed by atoms with van der Waals surface area (Å²) in [5.74, 6) is 0.234. The van der Waals surface area contributed by atoms with Crippen molar-refractivity contribution >= 4 is 27.5 Å². The number of alkyl halides is 1. The normalized spacial score (nSPS) is 10.4. The van der Waals surface area contributed by atoms with Crippen molar-refractivity contribution in [1.82, 2.24) is 0 Å². The molecular formula is C14H11BrClFO. The fourth-order valence-corrected chi connectivity index (χ4v) is 1.98. The van der Waals surface area contributed by atoms with Crippen LogP contribution >= 0.6 is 27.5 Å². The molecule has 2 aromatic carbocycles. The molecule has 0 fully saturated rings. The van der Waals surface area contributed by atoms with Gasteiger partial charge in [-0.1, -0.05) is 39.7 Å². The van der Waals surface area contributed by atoms with E-state index in [1.165, 1.54) is 12.1 Å². The summed E-state index contributed by atoms with van der Waals surface area (Å²) >= 11 is 9.09. The SMILES string of the molecule is Fc1cc(CBr)cc(OCc2ccc(Cl)cc2)c1. The van der Waals surface area contributed by atoms with Gasteiger partial charge in [0.25, 0.3) is 0 Å². The maximum atomic E-state index is 13.3. The first-order valence-electron chi connectivity index (χ1n) is 5.40. The molecule has 0 bridgehead atoms. The standard InChI is InChI=1S/C14H11BrClFO/c15-8-11-5-13(17)7-14(6-11)18-9-10-1-3-12(16)4-2-10/h1-7H,8-9H2. The van der Waals surface area contributed by atoms with E-state index in [4.69, 9.17) is 16.3 Å². The van der Waals surface area contributed by atoms with Gasteiger partial charge in [0, 0.05) is 16.4 Å². The van der Waals surface area contributed by atoms with Gasteiger partial charge in [0.05, 0.1) is 0 Å². The van der Waals surface area contributed by atoms with Gasteiger partial charge in [0.1, 0.15) is 18.2 Å². The largest absolute Gasteiger partial charge is 0.489 e. The Hall–Kier alpha value is -1.06. The first kappa shape index (κ1) is 13.4. The second kappa shape index (κ2) is 6.21. The molecule has 0 amide bonds. The van der Waals surface area contributed by atoms with Crippen LogP contribution in [0.15, 0.2) is 42.5 Å². The van der Waals surface area contributed by atoms with Gasteiger partial charge in [0.2, 0.25) is 0 Å². The molecule has 0 spiro atoms. The molecule has 0 aromatic heterocycles. The highest BCUT2D eigenvalue weighted by Gasteiger charge is 2.02. The fraction of sp³-hybridized carbons (Fsp3) is 0.143. The molecule has 4 heteroatoms. The second-order valence-corrected chi connectivity index (χ2v) is 4.84. The quantitative estimate of drug-likeness (QED) is 0.721. The van der Waals surface area contributed by atoms with Crippen molar-refractivity contribution < 1.29 is 9.13 Å². The molecule has 0 saturated carbocycles. The third-order valence-corrected chi connectivity index (χ3v) is 3.30. The Labute approximate surface area is 119 Å². The van der Waals surface area contributed by atoms with E-state index in [-0.39, 0.29) is 5.82 Å². The molecular weight excluding hydrogens is 319 g/mol. The first-order valence-corrected chi connectivity index (χ1v) is 6.90. The van der Waals surface area contributed by atoms with Crippen LogP contribution in [0.2, 0.25) is 5.02 Å². The summed E-state index contributed by atoms with van der Waals surface area (Å²) in [6, 6.07) is 12.0. The van der Waals surface area contributed by atoms with Gasteiger partial charge in [0.15, 0.2) is 0 Å². The van der Waals surface area contributed by atoms with E-state index in [1.54, 1.807) is 12.1 Å². The van der Waals surface area contributed by atoms with Crippen molar-refractivity contribution in [3.8, 4) is 5.75 Å². The van der Waals surface area contributed by atoms with Crippen LogP contribution in [-0.2, 0) is 11.9 Å². The zero-order valence-corrected chi connectivity index (χ0v) is 11.8. The van der Waals surface area contributed by atoms with Crippen LogP contribution < -0.4 is 4.74 Å². The molecule has 0 heterocycles. The Kier molecular flexibility index (Phi) is 4.61. The lowest BCUT2D eigenvalue weighted by molar-refractivity contribution is 0.304. The Morgan fingerprint density at radius 2 is 1.78 bits per heavy atom. The molecule has 18 heavy (non-hydrogen) atoms. The Morgan fingerprint density at radius 1 is 1.06 bits per heavy atom. The van der Waals surface area contributed by atoms with Crippen LogP contribution in [0.4, 0.5) is 4.39 Å². The highest BCUT2D eigenvalue weighted by atomic mass is 79.9. The van der Waals surface area contributed by atoms with Gasteiger partial charge in [-0.15, -0.1) is 0 Å². The highest BCUT2D eigenvalue weighted by molar-refractivity contribution is 9.08. The van der Waals surface area contributed by atoms with E-state index in [1.807, 2.05) is 18.2 Å². The molecule has 2 aromatic rings. The Morgan fingerprint density at radius 3 is 2.44 bits per heavy atom. The zero-order valence-electron chi connectivity index (χ0n) is 9.50. The molecule has 0 saturated heterocycles. The molecule has 0 N–H and O–H groups in total. The lowest BCUT2D eigenvalue weighted by Gasteiger charge is -2.08. The van der Waals surface area contributed by atoms with Crippen molar-refractivity contribution in [2.45, 2.75) is 11.9 Å². The molecule has 1 nitrogen and oxygen atoms in total. The summed E-state index contributed by atoms with van der Waals surface area (Å²) in [7, 11) is 0. The summed E-state index contributed by atoms with van der Waals surface area (Å²) in [6.07, 6.45) is 0. The van der Waals surface area contributed by atoms with Gasteiger partial charge in [-0.25, -0.2) is 4.39 Å². The van der Waals surface area contributed by atoms with E-state index < -0.39 is 0 Å². The predicted molar refractivity (Wildman–Crippen MR) is 74.8 cm³/mol. The van der Waals surface area contributed by atoms with Gasteiger partial charge >= 0.3 is 0 Å². The average Bonchev–Trinajstić information content (AvgIpc) is 2.37. The third-order valence-electron chi connectivity index (χ3n) is 2.40. The third kappa shape index (κ3) is 3.72. The molecule has 0 aliphatic rings. The van der Waals surface area contributed by atoms with Crippen LogP contribution in [0.1, 0.15) is 11.1 Å². The summed E-state index contributed by atoms with van der Waals surface area (Å²) in [6.45, 7) is 0.391. The van der Waals surface area contributed by atoms with Crippen LogP contribution in [0.3, 0.4) is 0 Å². The lowest BCUT2D eigenvalue weighted by atomic mass is 10.2. The first-order chi connectivity index (χ1) is 8.67. The van der Waals surface area contributed by atoms with Gasteiger partial charge in [-0.3, -0.25) is 0 Å². The monoisotopic (exact) mass is 328 g/mol. The van der Waals surface area contributed by atoms with E-state index in [2.05, 4.69) is 15.9 Å². The maximum Gasteiger partial charge on any atom is 0.127 e. The van der Waals surface area contributed by atoms with Crippen molar-refractivity contribution in [2.75, 3.05) is 0 Å². The summed E-state index contributed by atoms with van der Waals surface area (Å²) in [5.41, 5.74) is 1.84.